The van der Waals surface area contributed by atoms with Crippen LogP contribution >= 0.6 is 0 Å². The number of carbonyl (C=O) groups is 2. The van der Waals surface area contributed by atoms with E-state index in [0.717, 1.165) is 5.56 Å². The van der Waals surface area contributed by atoms with Gasteiger partial charge >= 0.3 is 0 Å². The minimum atomic E-state index is -0.321. The molecule has 0 aliphatic rings. The highest BCUT2D eigenvalue weighted by molar-refractivity contribution is 5.94. The van der Waals surface area contributed by atoms with Crippen molar-refractivity contribution in [3.63, 3.8) is 0 Å². The van der Waals surface area contributed by atoms with Crippen molar-refractivity contribution >= 4 is 11.8 Å². The summed E-state index contributed by atoms with van der Waals surface area (Å²) in [6, 6.07) is 15.0. The van der Waals surface area contributed by atoms with Gasteiger partial charge in [0.25, 0.3) is 5.91 Å². The van der Waals surface area contributed by atoms with Crippen LogP contribution in [0.3, 0.4) is 0 Å². The molecule has 0 aliphatic heterocycles. The van der Waals surface area contributed by atoms with Crippen molar-refractivity contribution < 1.29 is 14.0 Å². The molecular weight excluding hydrogens is 295 g/mol. The topological polar surface area (TPSA) is 49.4 Å². The van der Waals surface area contributed by atoms with E-state index in [0.29, 0.717) is 12.1 Å². The lowest BCUT2D eigenvalue weighted by atomic mass is 10.2. The fourth-order valence-electron chi connectivity index (χ4n) is 2.16. The third-order valence-electron chi connectivity index (χ3n) is 3.39. The van der Waals surface area contributed by atoms with Crippen LogP contribution in [0.25, 0.3) is 0 Å². The van der Waals surface area contributed by atoms with Crippen LogP contribution in [-0.4, -0.2) is 30.3 Å². The standard InChI is InChI=1S/C18H19FN2O2/c1-21(13-14-6-5-9-16(19)12-14)17(22)10-11-20-18(23)15-7-3-2-4-8-15/h2-9,12H,10-11,13H2,1H3,(H,20,23). The Morgan fingerprint density at radius 2 is 1.83 bits per heavy atom. The second-order valence-electron chi connectivity index (χ2n) is 5.25. The van der Waals surface area contributed by atoms with Crippen LogP contribution in [0.4, 0.5) is 4.39 Å². The highest BCUT2D eigenvalue weighted by Crippen LogP contribution is 2.07. The van der Waals surface area contributed by atoms with Gasteiger partial charge in [0.05, 0.1) is 0 Å². The maximum absolute atomic E-state index is 13.1. The number of nitrogens with zero attached hydrogens (tertiary/aromatic N) is 1. The number of hydrogen-bond acceptors (Lipinski definition) is 2. The first-order valence-corrected chi connectivity index (χ1v) is 7.38. The Kier molecular flexibility index (Phi) is 5.86. The highest BCUT2D eigenvalue weighted by Gasteiger charge is 2.11. The molecule has 4 nitrogen and oxygen atoms in total. The zero-order valence-electron chi connectivity index (χ0n) is 13.0. The van der Waals surface area contributed by atoms with Gasteiger partial charge in [-0.1, -0.05) is 30.3 Å². The third kappa shape index (κ3) is 5.21. The van der Waals surface area contributed by atoms with Gasteiger partial charge in [0.15, 0.2) is 0 Å². The lowest BCUT2D eigenvalue weighted by Gasteiger charge is -2.17. The zero-order chi connectivity index (χ0) is 16.7. The minimum Gasteiger partial charge on any atom is -0.352 e. The molecule has 0 radical (unpaired) electrons. The Balaban J connectivity index is 1.77. The van der Waals surface area contributed by atoms with Crippen molar-refractivity contribution in [3.8, 4) is 0 Å². The maximum Gasteiger partial charge on any atom is 0.251 e. The van der Waals surface area contributed by atoms with E-state index in [-0.39, 0.29) is 30.6 Å². The summed E-state index contributed by atoms with van der Waals surface area (Å²) in [6.07, 6.45) is 0.199. The van der Waals surface area contributed by atoms with Gasteiger partial charge in [-0.25, -0.2) is 4.39 Å². The molecule has 0 fully saturated rings. The van der Waals surface area contributed by atoms with E-state index in [1.54, 1.807) is 43.4 Å². The van der Waals surface area contributed by atoms with Gasteiger partial charge in [0.2, 0.25) is 5.91 Å². The molecule has 0 spiro atoms. The molecule has 0 saturated heterocycles. The number of carbonyl (C=O) groups excluding carboxylic acids is 2. The lowest BCUT2D eigenvalue weighted by molar-refractivity contribution is -0.130. The summed E-state index contributed by atoms with van der Waals surface area (Å²) in [5, 5.41) is 2.71. The molecule has 0 bridgehead atoms. The third-order valence-corrected chi connectivity index (χ3v) is 3.39. The first-order valence-electron chi connectivity index (χ1n) is 7.38. The van der Waals surface area contributed by atoms with Crippen LogP contribution in [0.2, 0.25) is 0 Å². The van der Waals surface area contributed by atoms with Gasteiger partial charge < -0.3 is 10.2 Å². The summed E-state index contributed by atoms with van der Waals surface area (Å²) in [7, 11) is 1.66. The molecule has 0 unspecified atom stereocenters. The monoisotopic (exact) mass is 314 g/mol. The number of rotatable bonds is 6. The maximum atomic E-state index is 13.1. The molecule has 2 amide bonds. The first kappa shape index (κ1) is 16.7. The lowest BCUT2D eigenvalue weighted by Crippen LogP contribution is -2.31. The summed E-state index contributed by atoms with van der Waals surface area (Å²) in [4.78, 5) is 25.4. The molecule has 120 valence electrons. The van der Waals surface area contributed by atoms with E-state index < -0.39 is 0 Å². The van der Waals surface area contributed by atoms with Gasteiger partial charge in [0, 0.05) is 32.1 Å². The van der Waals surface area contributed by atoms with Crippen LogP contribution in [0.15, 0.2) is 54.6 Å². The summed E-state index contributed by atoms with van der Waals surface area (Å²) in [5.74, 6) is -0.632. The molecule has 0 saturated carbocycles. The molecule has 0 aromatic heterocycles. The Hall–Kier alpha value is -2.69. The van der Waals surface area contributed by atoms with Crippen LogP contribution < -0.4 is 5.32 Å². The van der Waals surface area contributed by atoms with Gasteiger partial charge in [-0.3, -0.25) is 9.59 Å². The van der Waals surface area contributed by atoms with Gasteiger partial charge in [-0.2, -0.15) is 0 Å². The average molecular weight is 314 g/mol. The van der Waals surface area contributed by atoms with Crippen LogP contribution in [0, 0.1) is 5.82 Å². The van der Waals surface area contributed by atoms with Crippen molar-refractivity contribution in [2.45, 2.75) is 13.0 Å². The molecule has 2 aromatic carbocycles. The predicted molar refractivity (Wildman–Crippen MR) is 86.3 cm³/mol. The molecular formula is C18H19FN2O2. The van der Waals surface area contributed by atoms with Crippen molar-refractivity contribution in [1.82, 2.24) is 10.2 Å². The summed E-state index contributed by atoms with van der Waals surface area (Å²) in [5.41, 5.74) is 1.29. The van der Waals surface area contributed by atoms with Crippen molar-refractivity contribution in [2.24, 2.45) is 0 Å². The van der Waals surface area contributed by atoms with Gasteiger partial charge in [0.1, 0.15) is 5.82 Å². The number of hydrogen-bond donors (Lipinski definition) is 1. The zero-order valence-corrected chi connectivity index (χ0v) is 13.0. The molecule has 2 rings (SSSR count). The summed E-state index contributed by atoms with van der Waals surface area (Å²) >= 11 is 0. The Labute approximate surface area is 134 Å². The van der Waals surface area contributed by atoms with Crippen molar-refractivity contribution in [3.05, 3.63) is 71.5 Å². The summed E-state index contributed by atoms with van der Waals surface area (Å²) in [6.45, 7) is 0.600. The molecule has 1 N–H and O–H groups in total. The molecule has 0 aliphatic carbocycles. The number of benzene rings is 2. The average Bonchev–Trinajstić information content (AvgIpc) is 2.55. The van der Waals surface area contributed by atoms with E-state index >= 15 is 0 Å². The minimum absolute atomic E-state index is 0.109. The first-order chi connectivity index (χ1) is 11.1. The number of halogens is 1. The van der Waals surface area contributed by atoms with Gasteiger partial charge in [-0.05, 0) is 29.8 Å². The van der Waals surface area contributed by atoms with Crippen LogP contribution in [0.1, 0.15) is 22.3 Å². The SMILES string of the molecule is CN(Cc1cccc(F)c1)C(=O)CCNC(=O)c1ccccc1. The van der Waals surface area contributed by atoms with Crippen LogP contribution in [-0.2, 0) is 11.3 Å². The molecule has 2 aromatic rings. The Bertz CT molecular complexity index is 674. The van der Waals surface area contributed by atoms with E-state index in [2.05, 4.69) is 5.32 Å². The van der Waals surface area contributed by atoms with Crippen LogP contribution in [0.5, 0.6) is 0 Å². The summed E-state index contributed by atoms with van der Waals surface area (Å²) < 4.78 is 13.1. The van der Waals surface area contributed by atoms with E-state index in [1.807, 2.05) is 6.07 Å². The predicted octanol–water partition coefficient (Wildman–Crippen LogP) is 2.60. The molecule has 0 heterocycles. The second-order valence-corrected chi connectivity index (χ2v) is 5.25. The molecule has 5 heteroatoms. The fourth-order valence-corrected chi connectivity index (χ4v) is 2.16. The number of nitrogens with one attached hydrogen (secondary N) is 1. The van der Waals surface area contributed by atoms with Gasteiger partial charge in [-0.15, -0.1) is 0 Å². The smallest absolute Gasteiger partial charge is 0.251 e. The fraction of sp³-hybridized carbons (Fsp3) is 0.222. The van der Waals surface area contributed by atoms with Crippen molar-refractivity contribution in [1.29, 1.82) is 0 Å². The molecule has 23 heavy (non-hydrogen) atoms. The quantitative estimate of drug-likeness (QED) is 0.891. The second kappa shape index (κ2) is 8.08. The van der Waals surface area contributed by atoms with E-state index in [1.165, 1.54) is 17.0 Å². The van der Waals surface area contributed by atoms with E-state index in [4.69, 9.17) is 0 Å². The highest BCUT2D eigenvalue weighted by atomic mass is 19.1. The van der Waals surface area contributed by atoms with Crippen molar-refractivity contribution in [2.75, 3.05) is 13.6 Å². The Morgan fingerprint density at radius 3 is 2.52 bits per heavy atom. The van der Waals surface area contributed by atoms with E-state index in [9.17, 15) is 14.0 Å². The molecule has 0 atom stereocenters. The normalized spacial score (nSPS) is 10.2. The Morgan fingerprint density at radius 1 is 1.09 bits per heavy atom. The largest absolute Gasteiger partial charge is 0.352 e. The number of amides is 2.